The molecule has 4 aliphatic heterocycles. The number of carbonyl (C=O) groups is 2. The van der Waals surface area contributed by atoms with Crippen LogP contribution in [-0.4, -0.2) is 91.0 Å². The van der Waals surface area contributed by atoms with E-state index in [9.17, 15) is 14.7 Å². The topological polar surface area (TPSA) is 85.8 Å². The van der Waals surface area contributed by atoms with E-state index in [1.807, 2.05) is 18.2 Å². The third-order valence-electron chi connectivity index (χ3n) is 10.0. The molecule has 0 aliphatic carbocycles. The number of fused-ring (bicyclic) bond motifs is 3. The van der Waals surface area contributed by atoms with E-state index < -0.39 is 11.8 Å². The SMILES string of the molecule is CC1CN(c2ccc(C(=O)N3COc4c(cccc4-c4cc(N5C6CCC5COC6)c(C(=O)O)cc4F)C3)c(Cl)c2)[C@H](C)CN1C. The first-order valence-electron chi connectivity index (χ1n) is 15.8. The lowest BCUT2D eigenvalue weighted by Crippen LogP contribution is -2.55. The highest BCUT2D eigenvalue weighted by Gasteiger charge is 2.40. The van der Waals surface area contributed by atoms with Gasteiger partial charge in [-0.05, 0) is 64.1 Å². The van der Waals surface area contributed by atoms with Crippen LogP contribution < -0.4 is 14.5 Å². The third kappa shape index (κ3) is 5.36. The summed E-state index contributed by atoms with van der Waals surface area (Å²) in [6.45, 7) is 7.43. The number of carbonyl (C=O) groups excluding carboxylic acids is 1. The van der Waals surface area contributed by atoms with Crippen LogP contribution in [0, 0.1) is 5.82 Å². The molecule has 0 saturated carbocycles. The lowest BCUT2D eigenvalue weighted by atomic mass is 9.96. The van der Waals surface area contributed by atoms with Gasteiger partial charge in [0.05, 0.1) is 53.7 Å². The Labute approximate surface area is 273 Å². The van der Waals surface area contributed by atoms with Crippen molar-refractivity contribution >= 4 is 34.9 Å². The zero-order chi connectivity index (χ0) is 32.3. The average Bonchev–Trinajstić information content (AvgIpc) is 3.28. The Hall–Kier alpha value is -3.86. The second-order valence-corrected chi connectivity index (χ2v) is 13.4. The van der Waals surface area contributed by atoms with Crippen molar-refractivity contribution in [2.45, 2.75) is 57.4 Å². The van der Waals surface area contributed by atoms with E-state index in [4.69, 9.17) is 21.1 Å². The van der Waals surface area contributed by atoms with Crippen molar-refractivity contribution in [3.63, 3.8) is 0 Å². The molecule has 1 N–H and O–H groups in total. The molecule has 2 bridgehead atoms. The van der Waals surface area contributed by atoms with E-state index in [2.05, 4.69) is 35.6 Å². The van der Waals surface area contributed by atoms with Crippen LogP contribution in [0.25, 0.3) is 11.1 Å². The first kappa shape index (κ1) is 30.8. The standard InChI is InChI=1S/C35H38ClFN4O5/c1-20-15-40(21(2)14-38(20)3)23-9-10-27(30(36)11-23)34(42)39-16-22-5-4-6-26(33(22)46-19-39)28-13-32(29(35(43)44)12-31(28)37)41-24-7-8-25(41)18-45-17-24/h4-6,9-13,20-21,24-25H,7-8,14-19H2,1-3H3,(H,43,44)/t20?,21-,24?,25?/m1/s1. The minimum Gasteiger partial charge on any atom is -0.478 e. The second kappa shape index (κ2) is 12.1. The third-order valence-corrected chi connectivity index (χ3v) is 10.4. The Morgan fingerprint density at radius 3 is 2.43 bits per heavy atom. The molecule has 3 fully saturated rings. The molecule has 9 nitrogen and oxygen atoms in total. The number of para-hydroxylation sites is 1. The highest BCUT2D eigenvalue weighted by atomic mass is 35.5. The number of carboxylic acids is 1. The smallest absolute Gasteiger partial charge is 0.337 e. The summed E-state index contributed by atoms with van der Waals surface area (Å²) >= 11 is 6.72. The van der Waals surface area contributed by atoms with Gasteiger partial charge in [-0.2, -0.15) is 0 Å². The van der Waals surface area contributed by atoms with Gasteiger partial charge in [0.25, 0.3) is 5.91 Å². The highest BCUT2D eigenvalue weighted by Crippen LogP contribution is 2.43. The summed E-state index contributed by atoms with van der Waals surface area (Å²) in [4.78, 5) is 34.2. The van der Waals surface area contributed by atoms with E-state index in [1.165, 1.54) is 0 Å². The second-order valence-electron chi connectivity index (χ2n) is 13.0. The fourth-order valence-corrected chi connectivity index (χ4v) is 7.73. The molecule has 3 aromatic rings. The van der Waals surface area contributed by atoms with Gasteiger partial charge in [0.15, 0.2) is 6.73 Å². The lowest BCUT2D eigenvalue weighted by Gasteiger charge is -2.44. The molecular formula is C35H38ClFN4O5. The number of rotatable bonds is 5. The Kier molecular flexibility index (Phi) is 8.07. The van der Waals surface area contributed by atoms with Gasteiger partial charge in [-0.3, -0.25) is 9.69 Å². The molecule has 7 rings (SSSR count). The minimum atomic E-state index is -1.17. The predicted molar refractivity (Wildman–Crippen MR) is 175 cm³/mol. The first-order valence-corrected chi connectivity index (χ1v) is 16.2. The number of piperazine rings is 1. The molecule has 3 saturated heterocycles. The quantitative estimate of drug-likeness (QED) is 0.376. The molecule has 3 aromatic carbocycles. The van der Waals surface area contributed by atoms with Crippen LogP contribution in [0.1, 0.15) is 53.0 Å². The number of nitrogens with zero attached hydrogens (tertiary/aromatic N) is 4. The number of ether oxygens (including phenoxy) is 2. The van der Waals surface area contributed by atoms with Crippen LogP contribution in [-0.2, 0) is 11.3 Å². The Morgan fingerprint density at radius 1 is 0.957 bits per heavy atom. The van der Waals surface area contributed by atoms with E-state index in [0.29, 0.717) is 52.9 Å². The van der Waals surface area contributed by atoms with Crippen LogP contribution in [0.5, 0.6) is 5.75 Å². The molecule has 46 heavy (non-hydrogen) atoms. The summed E-state index contributed by atoms with van der Waals surface area (Å²) < 4.78 is 27.6. The van der Waals surface area contributed by atoms with E-state index >= 15 is 4.39 Å². The Bertz CT molecular complexity index is 1690. The Morgan fingerprint density at radius 2 is 1.72 bits per heavy atom. The van der Waals surface area contributed by atoms with Crippen LogP contribution in [0.3, 0.4) is 0 Å². The zero-order valence-corrected chi connectivity index (χ0v) is 27.0. The van der Waals surface area contributed by atoms with Crippen molar-refractivity contribution in [3.05, 3.63) is 76.1 Å². The van der Waals surface area contributed by atoms with Crippen molar-refractivity contribution in [2.24, 2.45) is 0 Å². The van der Waals surface area contributed by atoms with Gasteiger partial charge in [0.2, 0.25) is 0 Å². The van der Waals surface area contributed by atoms with Crippen molar-refractivity contribution in [3.8, 4) is 16.9 Å². The van der Waals surface area contributed by atoms with Crippen LogP contribution in [0.2, 0.25) is 5.02 Å². The van der Waals surface area contributed by atoms with Gasteiger partial charge in [-0.15, -0.1) is 0 Å². The predicted octanol–water partition coefficient (Wildman–Crippen LogP) is 5.73. The summed E-state index contributed by atoms with van der Waals surface area (Å²) in [7, 11) is 2.13. The van der Waals surface area contributed by atoms with Crippen molar-refractivity contribution in [1.29, 1.82) is 0 Å². The van der Waals surface area contributed by atoms with E-state index in [0.717, 1.165) is 43.2 Å². The zero-order valence-electron chi connectivity index (χ0n) is 26.2. The summed E-state index contributed by atoms with van der Waals surface area (Å²) in [6.07, 6.45) is 1.79. The van der Waals surface area contributed by atoms with Gasteiger partial charge in [-0.1, -0.05) is 29.8 Å². The minimum absolute atomic E-state index is 0.0385. The molecule has 4 heterocycles. The maximum atomic E-state index is 15.7. The van der Waals surface area contributed by atoms with Crippen molar-refractivity contribution < 1.29 is 28.6 Å². The maximum absolute atomic E-state index is 15.7. The molecule has 0 spiro atoms. The molecule has 3 unspecified atom stereocenters. The number of anilines is 2. The summed E-state index contributed by atoms with van der Waals surface area (Å²) in [5, 5.41) is 10.4. The highest BCUT2D eigenvalue weighted by molar-refractivity contribution is 6.34. The van der Waals surface area contributed by atoms with Gasteiger partial charge in [0.1, 0.15) is 11.6 Å². The molecule has 11 heteroatoms. The summed E-state index contributed by atoms with van der Waals surface area (Å²) in [6, 6.07) is 14.6. The number of benzene rings is 3. The van der Waals surface area contributed by atoms with Gasteiger partial charge < -0.3 is 29.3 Å². The number of carboxylic acid groups (broad SMARTS) is 1. The lowest BCUT2D eigenvalue weighted by molar-refractivity contribution is 0.0515. The van der Waals surface area contributed by atoms with Gasteiger partial charge >= 0.3 is 5.97 Å². The molecular weight excluding hydrogens is 611 g/mol. The summed E-state index contributed by atoms with van der Waals surface area (Å²) in [5.41, 5.74) is 3.29. The Balaban J connectivity index is 1.15. The first-order chi connectivity index (χ1) is 22.1. The van der Waals surface area contributed by atoms with Crippen molar-refractivity contribution in [1.82, 2.24) is 9.80 Å². The fourth-order valence-electron chi connectivity index (χ4n) is 7.48. The van der Waals surface area contributed by atoms with Gasteiger partial charge in [0, 0.05) is 47.6 Å². The van der Waals surface area contributed by atoms with Crippen LogP contribution in [0.15, 0.2) is 48.5 Å². The molecule has 4 aliphatic rings. The molecule has 1 amide bonds. The maximum Gasteiger partial charge on any atom is 0.337 e. The number of morpholine rings is 1. The molecule has 242 valence electrons. The van der Waals surface area contributed by atoms with Crippen LogP contribution in [0.4, 0.5) is 15.8 Å². The fraction of sp³-hybridized carbons (Fsp3) is 0.429. The van der Waals surface area contributed by atoms with Crippen molar-refractivity contribution in [2.75, 3.05) is 49.9 Å². The number of hydrogen-bond donors (Lipinski definition) is 1. The summed E-state index contributed by atoms with van der Waals surface area (Å²) in [5.74, 6) is -1.60. The van der Waals surface area contributed by atoms with E-state index in [1.54, 1.807) is 29.2 Å². The number of hydrogen-bond acceptors (Lipinski definition) is 7. The monoisotopic (exact) mass is 648 g/mol. The number of likely N-dealkylation sites (N-methyl/N-ethyl adjacent to an activating group) is 1. The molecule has 0 aromatic heterocycles. The number of halogens is 2. The largest absolute Gasteiger partial charge is 0.478 e. The van der Waals surface area contributed by atoms with Gasteiger partial charge in [-0.25, -0.2) is 9.18 Å². The average molecular weight is 649 g/mol. The molecule has 0 radical (unpaired) electrons. The number of amides is 1. The van der Waals surface area contributed by atoms with Crippen LogP contribution >= 0.6 is 11.6 Å². The number of aromatic carboxylic acids is 1. The van der Waals surface area contributed by atoms with E-state index in [-0.39, 0.29) is 42.4 Å². The normalized spacial score (nSPS) is 24.5. The molecule has 4 atom stereocenters.